The number of nitrogens with zero attached hydrogens (tertiary/aromatic N) is 3. The molecule has 0 aliphatic carbocycles. The van der Waals surface area contributed by atoms with E-state index in [-0.39, 0.29) is 0 Å². The van der Waals surface area contributed by atoms with Crippen LogP contribution in [0.15, 0.2) is 17.4 Å². The van der Waals surface area contributed by atoms with E-state index >= 15 is 0 Å². The fourth-order valence-electron chi connectivity index (χ4n) is 2.09. The molecule has 1 saturated heterocycles. The molecule has 0 aromatic carbocycles. The molecule has 0 amide bonds. The van der Waals surface area contributed by atoms with E-state index in [9.17, 15) is 0 Å². The minimum atomic E-state index is 0.661. The van der Waals surface area contributed by atoms with Crippen LogP contribution in [-0.2, 0) is 6.54 Å². The molecule has 2 rings (SSSR count). The molecule has 0 radical (unpaired) electrons. The Morgan fingerprint density at radius 2 is 2.31 bits per heavy atom. The van der Waals surface area contributed by atoms with Crippen LogP contribution in [0.4, 0.5) is 0 Å². The van der Waals surface area contributed by atoms with Gasteiger partial charge in [-0.1, -0.05) is 0 Å². The van der Waals surface area contributed by atoms with Crippen LogP contribution in [0.1, 0.15) is 12.1 Å². The van der Waals surface area contributed by atoms with E-state index in [1.807, 2.05) is 6.26 Å². The largest absolute Gasteiger partial charge is 0.330 e. The first-order chi connectivity index (χ1) is 7.83. The van der Waals surface area contributed by atoms with Crippen LogP contribution in [-0.4, -0.2) is 40.8 Å². The molecule has 0 bridgehead atoms. The third-order valence-corrected chi connectivity index (χ3v) is 3.73. The van der Waals surface area contributed by atoms with Gasteiger partial charge in [-0.2, -0.15) is 0 Å². The third-order valence-electron chi connectivity index (χ3n) is 3.01. The Bertz CT molecular complexity index is 345. The number of hydrogen-bond acceptors (Lipinski definition) is 5. The number of likely N-dealkylation sites (tertiary alicyclic amines) is 1. The summed E-state index contributed by atoms with van der Waals surface area (Å²) in [5.74, 6) is 0.661. The highest BCUT2D eigenvalue weighted by atomic mass is 32.2. The summed E-state index contributed by atoms with van der Waals surface area (Å²) in [6, 6.07) is 0. The standard InChI is InChI=1S/C11H18N4S/c1-16-11-10(13-3-4-14-11)8-15-5-2-9(6-12)7-15/h3-4,9H,2,5-8,12H2,1H3/t9-/m0/s1. The molecule has 16 heavy (non-hydrogen) atoms. The molecular weight excluding hydrogens is 220 g/mol. The summed E-state index contributed by atoms with van der Waals surface area (Å²) in [7, 11) is 0. The van der Waals surface area contributed by atoms with Gasteiger partial charge in [-0.3, -0.25) is 9.88 Å². The Balaban J connectivity index is 1.99. The Hall–Kier alpha value is -0.650. The van der Waals surface area contributed by atoms with E-state index in [2.05, 4.69) is 14.9 Å². The summed E-state index contributed by atoms with van der Waals surface area (Å²) in [6.45, 7) is 3.93. The lowest BCUT2D eigenvalue weighted by molar-refractivity contribution is 0.310. The summed E-state index contributed by atoms with van der Waals surface area (Å²) >= 11 is 1.66. The molecule has 0 saturated carbocycles. The molecular formula is C11H18N4S. The van der Waals surface area contributed by atoms with Gasteiger partial charge in [-0.15, -0.1) is 11.8 Å². The summed E-state index contributed by atoms with van der Waals surface area (Å²) in [6.07, 6.45) is 6.78. The van der Waals surface area contributed by atoms with Crippen LogP contribution >= 0.6 is 11.8 Å². The summed E-state index contributed by atoms with van der Waals surface area (Å²) in [5.41, 5.74) is 6.78. The maximum atomic E-state index is 5.69. The normalized spacial score (nSPS) is 21.5. The van der Waals surface area contributed by atoms with Gasteiger partial charge >= 0.3 is 0 Å². The van der Waals surface area contributed by atoms with Gasteiger partial charge in [0.05, 0.1) is 5.69 Å². The highest BCUT2D eigenvalue weighted by Gasteiger charge is 2.22. The van der Waals surface area contributed by atoms with Crippen molar-refractivity contribution >= 4 is 11.8 Å². The monoisotopic (exact) mass is 238 g/mol. The van der Waals surface area contributed by atoms with Gasteiger partial charge in [0.2, 0.25) is 0 Å². The minimum Gasteiger partial charge on any atom is -0.330 e. The summed E-state index contributed by atoms with van der Waals surface area (Å²) in [4.78, 5) is 11.2. The van der Waals surface area contributed by atoms with Gasteiger partial charge < -0.3 is 5.73 Å². The minimum absolute atomic E-state index is 0.661. The maximum Gasteiger partial charge on any atom is 0.119 e. The van der Waals surface area contributed by atoms with Crippen molar-refractivity contribution < 1.29 is 0 Å². The van der Waals surface area contributed by atoms with Crippen LogP contribution in [0.3, 0.4) is 0 Å². The second-order valence-electron chi connectivity index (χ2n) is 4.14. The molecule has 1 fully saturated rings. The third kappa shape index (κ3) is 2.72. The predicted octanol–water partition coefficient (Wildman–Crippen LogP) is 0.979. The van der Waals surface area contributed by atoms with Gasteiger partial charge in [0.15, 0.2) is 0 Å². The summed E-state index contributed by atoms with van der Waals surface area (Å²) in [5, 5.41) is 1.04. The molecule has 5 heteroatoms. The van der Waals surface area contributed by atoms with Crippen molar-refractivity contribution in [2.24, 2.45) is 11.7 Å². The SMILES string of the molecule is CSc1nccnc1CN1CC[C@@H](CN)C1. The second-order valence-corrected chi connectivity index (χ2v) is 4.93. The average molecular weight is 238 g/mol. The van der Waals surface area contributed by atoms with E-state index in [0.29, 0.717) is 5.92 Å². The summed E-state index contributed by atoms with van der Waals surface area (Å²) < 4.78 is 0. The van der Waals surface area contributed by atoms with Gasteiger partial charge in [0.1, 0.15) is 5.03 Å². The van der Waals surface area contributed by atoms with Crippen molar-refractivity contribution in [2.45, 2.75) is 18.0 Å². The van der Waals surface area contributed by atoms with Gasteiger partial charge in [0.25, 0.3) is 0 Å². The molecule has 1 aliphatic rings. The molecule has 1 aliphatic heterocycles. The zero-order valence-corrected chi connectivity index (χ0v) is 10.4. The quantitative estimate of drug-likeness (QED) is 0.792. The van der Waals surface area contributed by atoms with Crippen LogP contribution in [0.5, 0.6) is 0 Å². The van der Waals surface area contributed by atoms with Crippen LogP contribution < -0.4 is 5.73 Å². The van der Waals surface area contributed by atoms with Crippen molar-refractivity contribution in [1.82, 2.24) is 14.9 Å². The van der Waals surface area contributed by atoms with Gasteiger partial charge in [-0.25, -0.2) is 4.98 Å². The van der Waals surface area contributed by atoms with E-state index in [0.717, 1.165) is 36.9 Å². The first kappa shape index (κ1) is 11.8. The zero-order valence-electron chi connectivity index (χ0n) is 9.59. The second kappa shape index (κ2) is 5.61. The molecule has 0 unspecified atom stereocenters. The number of rotatable bonds is 4. The lowest BCUT2D eigenvalue weighted by Crippen LogP contribution is -2.23. The molecule has 0 spiro atoms. The number of thioether (sulfide) groups is 1. The van der Waals surface area contributed by atoms with Crippen LogP contribution in [0.2, 0.25) is 0 Å². The van der Waals surface area contributed by atoms with Crippen molar-refractivity contribution in [2.75, 3.05) is 25.9 Å². The fourth-order valence-corrected chi connectivity index (χ4v) is 2.61. The van der Waals surface area contributed by atoms with E-state index < -0.39 is 0 Å². The van der Waals surface area contributed by atoms with E-state index in [1.54, 1.807) is 24.2 Å². The van der Waals surface area contributed by atoms with Crippen molar-refractivity contribution in [3.05, 3.63) is 18.1 Å². The maximum absolute atomic E-state index is 5.69. The predicted molar refractivity (Wildman–Crippen MR) is 66.3 cm³/mol. The number of aromatic nitrogens is 2. The van der Waals surface area contributed by atoms with E-state index in [1.165, 1.54) is 6.42 Å². The van der Waals surface area contributed by atoms with Gasteiger partial charge in [0, 0.05) is 25.5 Å². The lowest BCUT2D eigenvalue weighted by atomic mass is 10.1. The molecule has 2 heterocycles. The van der Waals surface area contributed by atoms with Crippen LogP contribution in [0, 0.1) is 5.92 Å². The molecule has 2 N–H and O–H groups in total. The Morgan fingerprint density at radius 3 is 3.00 bits per heavy atom. The first-order valence-electron chi connectivity index (χ1n) is 5.59. The smallest absolute Gasteiger partial charge is 0.119 e. The Labute approximate surface area is 101 Å². The van der Waals surface area contributed by atoms with Crippen molar-refractivity contribution in [3.8, 4) is 0 Å². The topological polar surface area (TPSA) is 55.0 Å². The first-order valence-corrected chi connectivity index (χ1v) is 6.82. The van der Waals surface area contributed by atoms with Crippen molar-refractivity contribution in [3.63, 3.8) is 0 Å². The molecule has 1 aromatic rings. The molecule has 1 aromatic heterocycles. The molecule has 1 atom stereocenters. The van der Waals surface area contributed by atoms with Crippen LogP contribution in [0.25, 0.3) is 0 Å². The molecule has 88 valence electrons. The highest BCUT2D eigenvalue weighted by molar-refractivity contribution is 7.98. The number of nitrogens with two attached hydrogens (primary N) is 1. The lowest BCUT2D eigenvalue weighted by Gasteiger charge is -2.16. The van der Waals surface area contributed by atoms with Crippen molar-refractivity contribution in [1.29, 1.82) is 0 Å². The van der Waals surface area contributed by atoms with E-state index in [4.69, 9.17) is 5.73 Å². The fraction of sp³-hybridized carbons (Fsp3) is 0.636. The highest BCUT2D eigenvalue weighted by Crippen LogP contribution is 2.20. The van der Waals surface area contributed by atoms with Gasteiger partial charge in [-0.05, 0) is 31.7 Å². The molecule has 4 nitrogen and oxygen atoms in total. The average Bonchev–Trinajstić information content (AvgIpc) is 2.77. The number of hydrogen-bond donors (Lipinski definition) is 1. The Kier molecular flexibility index (Phi) is 4.15. The Morgan fingerprint density at radius 1 is 1.50 bits per heavy atom. The zero-order chi connectivity index (χ0) is 11.4.